The smallest absolute Gasteiger partial charge is 0.247 e. The summed E-state index contributed by atoms with van der Waals surface area (Å²) in [6.45, 7) is 1.05. The Hall–Kier alpha value is -2.63. The van der Waals surface area contributed by atoms with E-state index >= 15 is 0 Å². The third kappa shape index (κ3) is 3.04. The van der Waals surface area contributed by atoms with Crippen LogP contribution in [0.1, 0.15) is 31.5 Å². The van der Waals surface area contributed by atoms with Crippen LogP contribution in [0.4, 0.5) is 5.69 Å². The van der Waals surface area contributed by atoms with Gasteiger partial charge >= 0.3 is 0 Å². The van der Waals surface area contributed by atoms with Gasteiger partial charge in [-0.1, -0.05) is 12.1 Å². The molecule has 2 aliphatic heterocycles. The molecule has 0 aliphatic carbocycles. The Labute approximate surface area is 146 Å². The maximum absolute atomic E-state index is 12.3. The van der Waals surface area contributed by atoms with E-state index in [2.05, 4.69) is 16.1 Å². The molecule has 1 atom stereocenters. The van der Waals surface area contributed by atoms with Gasteiger partial charge in [-0.15, -0.1) is 0 Å². The fraction of sp³-hybridized carbons (Fsp3) is 0.421. The van der Waals surface area contributed by atoms with Gasteiger partial charge in [-0.05, 0) is 31.4 Å². The number of imidazole rings is 1. The summed E-state index contributed by atoms with van der Waals surface area (Å²) in [4.78, 5) is 30.2. The average molecular weight is 338 g/mol. The molecule has 25 heavy (non-hydrogen) atoms. The lowest BCUT2D eigenvalue weighted by atomic mass is 10.1. The highest BCUT2D eigenvalue weighted by Gasteiger charge is 2.33. The van der Waals surface area contributed by atoms with E-state index in [1.165, 1.54) is 17.7 Å². The molecule has 1 aromatic heterocycles. The molecule has 1 aromatic carbocycles. The van der Waals surface area contributed by atoms with E-state index in [1.54, 1.807) is 7.05 Å². The maximum atomic E-state index is 12.3. The van der Waals surface area contributed by atoms with Gasteiger partial charge in [0, 0.05) is 43.9 Å². The number of hydrogen-bond acceptors (Lipinski definition) is 3. The SMILES string of the molecule is CN1C(=O)CC[C@H]1C(=O)Nc1ccc(-c2cn3c(n2)CCCC3)cc1. The molecule has 1 N–H and O–H groups in total. The van der Waals surface area contributed by atoms with E-state index in [0.29, 0.717) is 12.8 Å². The average Bonchev–Trinajstić information content (AvgIpc) is 3.19. The molecular formula is C19H22N4O2. The standard InChI is InChI=1S/C19H22N4O2/c1-22-16(9-10-18(22)24)19(25)20-14-7-5-13(6-8-14)15-12-23-11-3-2-4-17(23)21-15/h5-8,12,16H,2-4,9-11H2,1H3,(H,20,25)/t16-/m0/s1. The molecular weight excluding hydrogens is 316 g/mol. The summed E-state index contributed by atoms with van der Waals surface area (Å²) in [6.07, 6.45) is 6.60. The number of carbonyl (C=O) groups excluding carboxylic acids is 2. The van der Waals surface area contributed by atoms with Crippen LogP contribution in [0.2, 0.25) is 0 Å². The van der Waals surface area contributed by atoms with Gasteiger partial charge in [0.1, 0.15) is 11.9 Å². The first-order chi connectivity index (χ1) is 12.1. The quantitative estimate of drug-likeness (QED) is 0.935. The minimum atomic E-state index is -0.368. The van der Waals surface area contributed by atoms with Crippen molar-refractivity contribution >= 4 is 17.5 Å². The summed E-state index contributed by atoms with van der Waals surface area (Å²) in [6, 6.07) is 7.37. The van der Waals surface area contributed by atoms with Crippen molar-refractivity contribution in [2.24, 2.45) is 0 Å². The van der Waals surface area contributed by atoms with Crippen molar-refractivity contribution in [2.45, 2.75) is 44.7 Å². The van der Waals surface area contributed by atoms with Crippen LogP contribution in [0, 0.1) is 0 Å². The van der Waals surface area contributed by atoms with E-state index in [9.17, 15) is 9.59 Å². The molecule has 2 amide bonds. The zero-order valence-electron chi connectivity index (χ0n) is 14.4. The van der Waals surface area contributed by atoms with Crippen LogP contribution in [-0.4, -0.2) is 39.4 Å². The first kappa shape index (κ1) is 15.9. The Morgan fingerprint density at radius 1 is 1.20 bits per heavy atom. The number of aryl methyl sites for hydroxylation is 2. The molecule has 0 radical (unpaired) electrons. The molecule has 6 nitrogen and oxygen atoms in total. The molecule has 2 aliphatic rings. The first-order valence-corrected chi connectivity index (χ1v) is 8.85. The number of anilines is 1. The summed E-state index contributed by atoms with van der Waals surface area (Å²) in [5, 5.41) is 2.90. The Morgan fingerprint density at radius 3 is 2.68 bits per heavy atom. The summed E-state index contributed by atoms with van der Waals surface area (Å²) in [5.41, 5.74) is 2.77. The van der Waals surface area contributed by atoms with Crippen LogP contribution in [0.25, 0.3) is 11.3 Å². The third-order valence-corrected chi connectivity index (χ3v) is 5.15. The van der Waals surface area contributed by atoms with Gasteiger partial charge in [0.2, 0.25) is 11.8 Å². The second-order valence-corrected chi connectivity index (χ2v) is 6.82. The molecule has 0 saturated carbocycles. The summed E-state index contributed by atoms with van der Waals surface area (Å²) < 4.78 is 2.24. The van der Waals surface area contributed by atoms with Crippen molar-refractivity contribution in [2.75, 3.05) is 12.4 Å². The maximum Gasteiger partial charge on any atom is 0.247 e. The minimum Gasteiger partial charge on any atom is -0.334 e. The number of nitrogens with one attached hydrogen (secondary N) is 1. The number of likely N-dealkylation sites (N-methyl/N-ethyl adjacent to an activating group) is 1. The van der Waals surface area contributed by atoms with Gasteiger partial charge in [0.05, 0.1) is 5.69 Å². The predicted octanol–water partition coefficient (Wildman–Crippen LogP) is 2.45. The normalized spacial score (nSPS) is 19.8. The number of aromatic nitrogens is 2. The van der Waals surface area contributed by atoms with Gasteiger partial charge in [-0.2, -0.15) is 0 Å². The van der Waals surface area contributed by atoms with Crippen LogP contribution in [0.5, 0.6) is 0 Å². The molecule has 1 fully saturated rings. The van der Waals surface area contributed by atoms with E-state index in [1.807, 2.05) is 24.3 Å². The lowest BCUT2D eigenvalue weighted by molar-refractivity contribution is -0.131. The molecule has 0 bridgehead atoms. The summed E-state index contributed by atoms with van der Waals surface area (Å²) in [7, 11) is 1.68. The van der Waals surface area contributed by atoms with E-state index in [0.717, 1.165) is 35.7 Å². The number of likely N-dealkylation sites (tertiary alicyclic amines) is 1. The molecule has 6 heteroatoms. The van der Waals surface area contributed by atoms with Gasteiger partial charge in [-0.3, -0.25) is 9.59 Å². The van der Waals surface area contributed by atoms with Gasteiger partial charge < -0.3 is 14.8 Å². The lowest BCUT2D eigenvalue weighted by Gasteiger charge is -2.19. The van der Waals surface area contributed by atoms with Crippen LogP contribution < -0.4 is 5.32 Å². The van der Waals surface area contributed by atoms with Crippen LogP contribution in [-0.2, 0) is 22.6 Å². The molecule has 0 unspecified atom stereocenters. The predicted molar refractivity (Wildman–Crippen MR) is 95.0 cm³/mol. The van der Waals surface area contributed by atoms with Gasteiger partial charge in [0.15, 0.2) is 0 Å². The zero-order valence-corrected chi connectivity index (χ0v) is 14.4. The largest absolute Gasteiger partial charge is 0.334 e. The Morgan fingerprint density at radius 2 is 2.00 bits per heavy atom. The lowest BCUT2D eigenvalue weighted by Crippen LogP contribution is -2.38. The number of benzene rings is 1. The molecule has 1 saturated heterocycles. The van der Waals surface area contributed by atoms with Crippen molar-refractivity contribution in [1.82, 2.24) is 14.5 Å². The van der Waals surface area contributed by atoms with E-state index < -0.39 is 0 Å². The highest BCUT2D eigenvalue weighted by Crippen LogP contribution is 2.24. The van der Waals surface area contributed by atoms with Crippen LogP contribution in [0.3, 0.4) is 0 Å². The molecule has 130 valence electrons. The second-order valence-electron chi connectivity index (χ2n) is 6.82. The van der Waals surface area contributed by atoms with Gasteiger partial charge in [0.25, 0.3) is 0 Å². The van der Waals surface area contributed by atoms with E-state index in [4.69, 9.17) is 4.98 Å². The number of rotatable bonds is 3. The van der Waals surface area contributed by atoms with Crippen LogP contribution >= 0.6 is 0 Å². The highest BCUT2D eigenvalue weighted by molar-refractivity contribution is 5.99. The minimum absolute atomic E-state index is 0.0271. The molecule has 3 heterocycles. The summed E-state index contributed by atoms with van der Waals surface area (Å²) in [5.74, 6) is 1.06. The van der Waals surface area contributed by atoms with Crippen molar-refractivity contribution in [3.8, 4) is 11.3 Å². The number of fused-ring (bicyclic) bond motifs is 1. The number of carbonyl (C=O) groups is 2. The number of amides is 2. The van der Waals surface area contributed by atoms with Gasteiger partial charge in [-0.25, -0.2) is 4.98 Å². The zero-order chi connectivity index (χ0) is 17.4. The fourth-order valence-corrected chi connectivity index (χ4v) is 3.61. The topological polar surface area (TPSA) is 67.2 Å². The molecule has 4 rings (SSSR count). The summed E-state index contributed by atoms with van der Waals surface area (Å²) >= 11 is 0. The van der Waals surface area contributed by atoms with Crippen molar-refractivity contribution < 1.29 is 9.59 Å². The van der Waals surface area contributed by atoms with Crippen LogP contribution in [0.15, 0.2) is 30.5 Å². The monoisotopic (exact) mass is 338 g/mol. The fourth-order valence-electron chi connectivity index (χ4n) is 3.61. The highest BCUT2D eigenvalue weighted by atomic mass is 16.2. The number of nitrogens with zero attached hydrogens (tertiary/aromatic N) is 3. The molecule has 2 aromatic rings. The molecule has 0 spiro atoms. The van der Waals surface area contributed by atoms with Crippen molar-refractivity contribution in [3.05, 3.63) is 36.3 Å². The van der Waals surface area contributed by atoms with Crippen molar-refractivity contribution in [1.29, 1.82) is 0 Å². The Kier molecular flexibility index (Phi) is 4.03. The van der Waals surface area contributed by atoms with E-state index in [-0.39, 0.29) is 17.9 Å². The first-order valence-electron chi connectivity index (χ1n) is 8.85. The third-order valence-electron chi connectivity index (χ3n) is 5.15. The Bertz CT molecular complexity index is 786. The second kappa shape index (κ2) is 6.35. The Balaban J connectivity index is 1.46. The van der Waals surface area contributed by atoms with Crippen molar-refractivity contribution in [3.63, 3.8) is 0 Å². The number of hydrogen-bond donors (Lipinski definition) is 1.